The van der Waals surface area contributed by atoms with Crippen LogP contribution in [0.25, 0.3) is 10.2 Å². The van der Waals surface area contributed by atoms with E-state index in [0.717, 1.165) is 40.6 Å². The maximum atomic E-state index is 4.62. The van der Waals surface area contributed by atoms with Crippen molar-refractivity contribution < 1.29 is 0 Å². The van der Waals surface area contributed by atoms with Gasteiger partial charge in [-0.3, -0.25) is 0 Å². The number of aromatic nitrogens is 5. The molecule has 0 unspecified atom stereocenters. The molecule has 0 amide bonds. The van der Waals surface area contributed by atoms with Crippen molar-refractivity contribution in [1.82, 2.24) is 24.7 Å². The van der Waals surface area contributed by atoms with Gasteiger partial charge in [-0.15, -0.1) is 21.5 Å². The minimum Gasteiger partial charge on any atom is -0.362 e. The fraction of sp³-hybridized carbons (Fsp3) is 0.500. The summed E-state index contributed by atoms with van der Waals surface area (Å²) in [5.41, 5.74) is 1.32. The normalized spacial score (nSPS) is 11.5. The average molecular weight is 330 g/mol. The van der Waals surface area contributed by atoms with Crippen LogP contribution >= 0.6 is 11.3 Å². The van der Waals surface area contributed by atoms with Crippen molar-refractivity contribution >= 4 is 27.4 Å². The Morgan fingerprint density at radius 2 is 2.13 bits per heavy atom. The molecule has 3 aromatic rings. The first-order valence-corrected chi connectivity index (χ1v) is 8.81. The van der Waals surface area contributed by atoms with E-state index in [-0.39, 0.29) is 0 Å². The summed E-state index contributed by atoms with van der Waals surface area (Å²) in [4.78, 5) is 10.2. The van der Waals surface area contributed by atoms with Crippen LogP contribution in [0.15, 0.2) is 11.7 Å². The van der Waals surface area contributed by atoms with E-state index in [0.29, 0.717) is 12.5 Å². The fourth-order valence-electron chi connectivity index (χ4n) is 2.67. The zero-order valence-electron chi connectivity index (χ0n) is 14.0. The standard InChI is InChI=1S/C16H22N6S/c1-5-22-9-18-21-13(22)7-17-15-14-12(6-10(2)3)8-23-16(14)20-11(4)19-15/h8-10H,5-7H2,1-4H3,(H,17,19,20). The van der Waals surface area contributed by atoms with Gasteiger partial charge in [-0.1, -0.05) is 13.8 Å². The van der Waals surface area contributed by atoms with Gasteiger partial charge < -0.3 is 9.88 Å². The third-order valence-corrected chi connectivity index (χ3v) is 4.62. The largest absolute Gasteiger partial charge is 0.362 e. The molecule has 0 aliphatic carbocycles. The van der Waals surface area contributed by atoms with E-state index >= 15 is 0 Å². The number of nitrogens with one attached hydrogen (secondary N) is 1. The number of rotatable bonds is 6. The van der Waals surface area contributed by atoms with E-state index in [1.54, 1.807) is 17.7 Å². The topological polar surface area (TPSA) is 68.5 Å². The molecule has 0 saturated heterocycles. The molecule has 7 heteroatoms. The van der Waals surface area contributed by atoms with Crippen LogP contribution in [0.4, 0.5) is 5.82 Å². The van der Waals surface area contributed by atoms with Crippen molar-refractivity contribution in [2.45, 2.75) is 47.2 Å². The molecule has 3 heterocycles. The Kier molecular flexibility index (Phi) is 4.56. The molecule has 1 N–H and O–H groups in total. The highest BCUT2D eigenvalue weighted by atomic mass is 32.1. The lowest BCUT2D eigenvalue weighted by molar-refractivity contribution is 0.651. The summed E-state index contributed by atoms with van der Waals surface area (Å²) in [6, 6.07) is 0. The van der Waals surface area contributed by atoms with Crippen molar-refractivity contribution in [2.75, 3.05) is 5.32 Å². The first-order chi connectivity index (χ1) is 11.1. The molecule has 0 spiro atoms. The van der Waals surface area contributed by atoms with Crippen LogP contribution in [0.3, 0.4) is 0 Å². The molecule has 0 aliphatic heterocycles. The molecule has 3 rings (SSSR count). The third kappa shape index (κ3) is 3.34. The van der Waals surface area contributed by atoms with Crippen molar-refractivity contribution in [3.05, 3.63) is 28.9 Å². The Morgan fingerprint density at radius 1 is 1.30 bits per heavy atom. The average Bonchev–Trinajstić information content (AvgIpc) is 3.11. The highest BCUT2D eigenvalue weighted by molar-refractivity contribution is 7.17. The maximum Gasteiger partial charge on any atom is 0.152 e. The molecule has 0 bridgehead atoms. The number of fused-ring (bicyclic) bond motifs is 1. The van der Waals surface area contributed by atoms with Gasteiger partial charge in [0, 0.05) is 6.54 Å². The molecule has 6 nitrogen and oxygen atoms in total. The second-order valence-corrected chi connectivity index (χ2v) is 6.90. The summed E-state index contributed by atoms with van der Waals surface area (Å²) in [5, 5.41) is 14.9. The molecule has 0 fully saturated rings. The van der Waals surface area contributed by atoms with Gasteiger partial charge in [0.1, 0.15) is 22.8 Å². The van der Waals surface area contributed by atoms with Gasteiger partial charge in [0.15, 0.2) is 5.82 Å². The van der Waals surface area contributed by atoms with Crippen LogP contribution in [-0.4, -0.2) is 24.7 Å². The Balaban J connectivity index is 1.93. The number of nitrogens with zero attached hydrogens (tertiary/aromatic N) is 5. The molecule has 0 radical (unpaired) electrons. The SMILES string of the molecule is CCn1cnnc1CNc1nc(C)nc2scc(CC(C)C)c12. The summed E-state index contributed by atoms with van der Waals surface area (Å²) in [5.74, 6) is 3.20. The van der Waals surface area contributed by atoms with Crippen LogP contribution in [0, 0.1) is 12.8 Å². The maximum absolute atomic E-state index is 4.62. The van der Waals surface area contributed by atoms with Gasteiger partial charge in [0.05, 0.1) is 11.9 Å². The van der Waals surface area contributed by atoms with Gasteiger partial charge in [-0.25, -0.2) is 9.97 Å². The first kappa shape index (κ1) is 15.9. The van der Waals surface area contributed by atoms with E-state index in [4.69, 9.17) is 0 Å². The quantitative estimate of drug-likeness (QED) is 0.750. The summed E-state index contributed by atoms with van der Waals surface area (Å²) in [7, 11) is 0. The lowest BCUT2D eigenvalue weighted by atomic mass is 10.0. The Hall–Kier alpha value is -2.02. The van der Waals surface area contributed by atoms with E-state index < -0.39 is 0 Å². The van der Waals surface area contributed by atoms with Crippen LogP contribution in [0.2, 0.25) is 0 Å². The minimum absolute atomic E-state index is 0.602. The molecule has 3 aromatic heterocycles. The summed E-state index contributed by atoms with van der Waals surface area (Å²) < 4.78 is 2.03. The molecular weight excluding hydrogens is 308 g/mol. The van der Waals surface area contributed by atoms with E-state index in [1.807, 2.05) is 11.5 Å². The summed E-state index contributed by atoms with van der Waals surface area (Å²) >= 11 is 1.69. The molecule has 0 aliphatic rings. The van der Waals surface area contributed by atoms with E-state index in [2.05, 4.69) is 51.6 Å². The lowest BCUT2D eigenvalue weighted by Gasteiger charge is -2.10. The van der Waals surface area contributed by atoms with E-state index in [1.165, 1.54) is 5.56 Å². The zero-order valence-corrected chi connectivity index (χ0v) is 14.8. The smallest absolute Gasteiger partial charge is 0.152 e. The first-order valence-electron chi connectivity index (χ1n) is 7.93. The number of aryl methyl sites for hydroxylation is 2. The highest BCUT2D eigenvalue weighted by Gasteiger charge is 2.14. The zero-order chi connectivity index (χ0) is 16.4. The number of hydrogen-bond acceptors (Lipinski definition) is 6. The van der Waals surface area contributed by atoms with E-state index in [9.17, 15) is 0 Å². The Bertz CT molecular complexity index is 804. The van der Waals surface area contributed by atoms with Gasteiger partial charge in [0.25, 0.3) is 0 Å². The highest BCUT2D eigenvalue weighted by Crippen LogP contribution is 2.31. The van der Waals surface area contributed by atoms with Gasteiger partial charge in [0.2, 0.25) is 0 Å². The minimum atomic E-state index is 0.602. The van der Waals surface area contributed by atoms with Crippen molar-refractivity contribution in [3.8, 4) is 0 Å². The second kappa shape index (κ2) is 6.62. The lowest BCUT2D eigenvalue weighted by Crippen LogP contribution is -2.09. The van der Waals surface area contributed by atoms with Crippen LogP contribution in [0.1, 0.15) is 38.0 Å². The van der Waals surface area contributed by atoms with Gasteiger partial charge in [-0.05, 0) is 37.1 Å². The van der Waals surface area contributed by atoms with Crippen molar-refractivity contribution in [2.24, 2.45) is 5.92 Å². The fourth-order valence-corrected chi connectivity index (χ4v) is 3.67. The molecule has 23 heavy (non-hydrogen) atoms. The van der Waals surface area contributed by atoms with Crippen molar-refractivity contribution in [1.29, 1.82) is 0 Å². The number of thiophene rings is 1. The van der Waals surface area contributed by atoms with Crippen molar-refractivity contribution in [3.63, 3.8) is 0 Å². The monoisotopic (exact) mass is 330 g/mol. The predicted molar refractivity (Wildman–Crippen MR) is 93.7 cm³/mol. The van der Waals surface area contributed by atoms with Gasteiger partial charge in [-0.2, -0.15) is 0 Å². The Morgan fingerprint density at radius 3 is 2.87 bits per heavy atom. The molecule has 0 aromatic carbocycles. The summed E-state index contributed by atoms with van der Waals surface area (Å²) in [6.45, 7) is 9.95. The molecule has 0 atom stereocenters. The van der Waals surface area contributed by atoms with Crippen LogP contribution in [0.5, 0.6) is 0 Å². The number of hydrogen-bond donors (Lipinski definition) is 1. The Labute approximate surface area is 140 Å². The summed E-state index contributed by atoms with van der Waals surface area (Å²) in [6.07, 6.45) is 2.79. The predicted octanol–water partition coefficient (Wildman–Crippen LogP) is 3.42. The van der Waals surface area contributed by atoms with Gasteiger partial charge >= 0.3 is 0 Å². The molecule has 122 valence electrons. The van der Waals surface area contributed by atoms with Crippen LogP contribution < -0.4 is 5.32 Å². The molecular formula is C16H22N6S. The number of anilines is 1. The second-order valence-electron chi connectivity index (χ2n) is 6.05. The molecule has 0 saturated carbocycles. The van der Waals surface area contributed by atoms with Crippen LogP contribution in [-0.2, 0) is 19.5 Å². The third-order valence-electron chi connectivity index (χ3n) is 3.70.